The third kappa shape index (κ3) is 5.02. The van der Waals surface area contributed by atoms with Gasteiger partial charge in [0.25, 0.3) is 0 Å². The van der Waals surface area contributed by atoms with Crippen molar-refractivity contribution in [3.63, 3.8) is 0 Å². The number of nitriles is 1. The molecule has 1 amide bonds. The Balaban J connectivity index is 1.86. The highest BCUT2D eigenvalue weighted by Gasteiger charge is 2.35. The van der Waals surface area contributed by atoms with E-state index in [1.807, 2.05) is 0 Å². The molecule has 2 heterocycles. The number of carbonyl (C=O) groups excluding carboxylic acids is 1. The summed E-state index contributed by atoms with van der Waals surface area (Å²) in [4.78, 5) is 16.6. The number of nitrogens with zero attached hydrogens (tertiary/aromatic N) is 4. The number of benzene rings is 1. The van der Waals surface area contributed by atoms with E-state index in [0.29, 0.717) is 32.8 Å². The molecule has 0 unspecified atom stereocenters. The van der Waals surface area contributed by atoms with Crippen molar-refractivity contribution in [3.8, 4) is 23.4 Å². The van der Waals surface area contributed by atoms with Gasteiger partial charge < -0.3 is 23.7 Å². The molecule has 3 rings (SSSR count). The molecule has 1 aromatic heterocycles. The third-order valence-corrected chi connectivity index (χ3v) is 5.87. The second-order valence-corrected chi connectivity index (χ2v) is 7.73. The normalized spacial score (nSPS) is 14.9. The lowest BCUT2D eigenvalue weighted by atomic mass is 10.1. The van der Waals surface area contributed by atoms with E-state index in [-0.39, 0.29) is 36.5 Å². The Morgan fingerprint density at radius 3 is 2.64 bits per heavy atom. The SMILES string of the molecule is COCc1c(Br)c(C)nc(OCC2=NN(C(C)=O)[C@H](c3ccc(OC)cc3OC)O2)c1C#N. The van der Waals surface area contributed by atoms with Crippen molar-refractivity contribution in [2.24, 2.45) is 5.10 Å². The molecule has 0 saturated carbocycles. The van der Waals surface area contributed by atoms with Crippen LogP contribution < -0.4 is 14.2 Å². The molecule has 0 bridgehead atoms. The van der Waals surface area contributed by atoms with E-state index in [1.165, 1.54) is 26.2 Å². The summed E-state index contributed by atoms with van der Waals surface area (Å²) in [6, 6.07) is 7.27. The van der Waals surface area contributed by atoms with Crippen molar-refractivity contribution in [3.05, 3.63) is 45.1 Å². The average Bonchev–Trinajstić information content (AvgIpc) is 3.25. The molecule has 11 heteroatoms. The molecule has 0 aliphatic carbocycles. The number of aromatic nitrogens is 1. The van der Waals surface area contributed by atoms with Crippen LogP contribution in [0, 0.1) is 18.3 Å². The highest BCUT2D eigenvalue weighted by molar-refractivity contribution is 9.10. The first kappa shape index (κ1) is 24.3. The topological polar surface area (TPSA) is 116 Å². The number of hydrogen-bond acceptors (Lipinski definition) is 9. The number of pyridine rings is 1. The summed E-state index contributed by atoms with van der Waals surface area (Å²) in [6.07, 6.45) is -0.846. The lowest BCUT2D eigenvalue weighted by Crippen LogP contribution is -2.25. The van der Waals surface area contributed by atoms with Gasteiger partial charge in [-0.25, -0.2) is 4.98 Å². The number of rotatable bonds is 8. The van der Waals surface area contributed by atoms with E-state index in [9.17, 15) is 10.1 Å². The van der Waals surface area contributed by atoms with E-state index in [4.69, 9.17) is 23.7 Å². The Bertz CT molecular complexity index is 1130. The van der Waals surface area contributed by atoms with Gasteiger partial charge in [0, 0.05) is 30.1 Å². The van der Waals surface area contributed by atoms with Crippen LogP contribution in [0.1, 0.15) is 35.5 Å². The van der Waals surface area contributed by atoms with Crippen molar-refractivity contribution in [2.45, 2.75) is 26.7 Å². The second-order valence-electron chi connectivity index (χ2n) is 6.94. The van der Waals surface area contributed by atoms with Gasteiger partial charge in [0.1, 0.15) is 23.1 Å². The molecule has 0 spiro atoms. The second kappa shape index (κ2) is 10.5. The van der Waals surface area contributed by atoms with Crippen LogP contribution in [0.5, 0.6) is 17.4 Å². The van der Waals surface area contributed by atoms with Crippen molar-refractivity contribution in [1.82, 2.24) is 9.99 Å². The molecule has 1 aliphatic rings. The van der Waals surface area contributed by atoms with Crippen molar-refractivity contribution >= 4 is 27.7 Å². The zero-order valence-electron chi connectivity index (χ0n) is 18.8. The third-order valence-electron chi connectivity index (χ3n) is 4.82. The predicted molar refractivity (Wildman–Crippen MR) is 121 cm³/mol. The van der Waals surface area contributed by atoms with Crippen LogP contribution in [0.2, 0.25) is 0 Å². The minimum atomic E-state index is -0.846. The van der Waals surface area contributed by atoms with Crippen LogP contribution in [-0.4, -0.2) is 49.7 Å². The summed E-state index contributed by atoms with van der Waals surface area (Å²) >= 11 is 3.44. The van der Waals surface area contributed by atoms with Gasteiger partial charge in [-0.1, -0.05) is 0 Å². The molecule has 33 heavy (non-hydrogen) atoms. The molecular formula is C22H23BrN4O6. The minimum Gasteiger partial charge on any atom is -0.497 e. The summed E-state index contributed by atoms with van der Waals surface area (Å²) in [5.74, 6) is 1.01. The maximum Gasteiger partial charge on any atom is 0.247 e. The first-order valence-corrected chi connectivity index (χ1v) is 10.6. The summed E-state index contributed by atoms with van der Waals surface area (Å²) in [5.41, 5.74) is 2.09. The largest absolute Gasteiger partial charge is 0.497 e. The molecule has 0 N–H and O–H groups in total. The number of methoxy groups -OCH3 is 3. The molecule has 174 valence electrons. The van der Waals surface area contributed by atoms with Gasteiger partial charge >= 0.3 is 0 Å². The van der Waals surface area contributed by atoms with Crippen LogP contribution in [0.15, 0.2) is 27.8 Å². The van der Waals surface area contributed by atoms with E-state index >= 15 is 0 Å². The Hall–Kier alpha value is -3.36. The van der Waals surface area contributed by atoms with Crippen LogP contribution >= 0.6 is 15.9 Å². The fraction of sp³-hybridized carbons (Fsp3) is 0.364. The monoisotopic (exact) mass is 518 g/mol. The Morgan fingerprint density at radius 2 is 2.03 bits per heavy atom. The number of ether oxygens (including phenoxy) is 5. The van der Waals surface area contributed by atoms with E-state index < -0.39 is 6.23 Å². The molecule has 1 aromatic carbocycles. The number of amides is 1. The maximum absolute atomic E-state index is 12.2. The molecule has 10 nitrogen and oxygen atoms in total. The number of hydrogen-bond donors (Lipinski definition) is 0. The summed E-state index contributed by atoms with van der Waals surface area (Å²) in [7, 11) is 4.60. The molecule has 0 saturated heterocycles. The predicted octanol–water partition coefficient (Wildman–Crippen LogP) is 3.46. The molecule has 2 aromatic rings. The Kier molecular flexibility index (Phi) is 7.73. The fourth-order valence-electron chi connectivity index (χ4n) is 3.24. The standard InChI is InChI=1S/C22H23BrN4O6/c1-12-20(23)17(10-29-3)16(9-24)21(25-12)32-11-19-26-27(13(2)28)22(33-19)15-7-6-14(30-4)8-18(15)31-5/h6-8,22H,10-11H2,1-5H3/t22-/m0/s1. The zero-order valence-corrected chi connectivity index (χ0v) is 20.4. The first-order chi connectivity index (χ1) is 15.8. The van der Waals surface area contributed by atoms with E-state index in [0.717, 1.165) is 0 Å². The molecule has 0 fully saturated rings. The molecular weight excluding hydrogens is 496 g/mol. The summed E-state index contributed by atoms with van der Waals surface area (Å²) in [6.45, 7) is 3.22. The smallest absolute Gasteiger partial charge is 0.247 e. The van der Waals surface area contributed by atoms with Crippen molar-refractivity contribution in [1.29, 1.82) is 5.26 Å². The highest BCUT2D eigenvalue weighted by atomic mass is 79.9. The van der Waals surface area contributed by atoms with Gasteiger partial charge in [0.2, 0.25) is 23.9 Å². The first-order valence-electron chi connectivity index (χ1n) is 9.81. The van der Waals surface area contributed by atoms with Crippen molar-refractivity contribution < 1.29 is 28.5 Å². The van der Waals surface area contributed by atoms with Gasteiger partial charge in [-0.3, -0.25) is 4.79 Å². The molecule has 0 radical (unpaired) electrons. The molecule has 1 aliphatic heterocycles. The van der Waals surface area contributed by atoms with Gasteiger partial charge in [-0.15, -0.1) is 5.10 Å². The lowest BCUT2D eigenvalue weighted by Gasteiger charge is -2.21. The average molecular weight is 519 g/mol. The number of hydrazone groups is 1. The summed E-state index contributed by atoms with van der Waals surface area (Å²) in [5, 5.41) is 15.1. The summed E-state index contributed by atoms with van der Waals surface area (Å²) < 4.78 is 28.3. The van der Waals surface area contributed by atoms with E-state index in [2.05, 4.69) is 32.1 Å². The van der Waals surface area contributed by atoms with E-state index in [1.54, 1.807) is 32.2 Å². The van der Waals surface area contributed by atoms with Gasteiger partial charge in [-0.2, -0.15) is 10.3 Å². The maximum atomic E-state index is 12.2. The van der Waals surface area contributed by atoms with Crippen molar-refractivity contribution in [2.75, 3.05) is 27.9 Å². The van der Waals surface area contributed by atoms with Crippen LogP contribution in [-0.2, 0) is 20.9 Å². The van der Waals surface area contributed by atoms with Crippen LogP contribution in [0.25, 0.3) is 0 Å². The zero-order chi connectivity index (χ0) is 24.1. The number of aryl methyl sites for hydroxylation is 1. The quantitative estimate of drug-likeness (QED) is 0.521. The Labute approximate surface area is 199 Å². The molecule has 1 atom stereocenters. The number of carbonyl (C=O) groups is 1. The minimum absolute atomic E-state index is 0.122. The van der Waals surface area contributed by atoms with Gasteiger partial charge in [0.05, 0.1) is 32.1 Å². The fourth-order valence-corrected chi connectivity index (χ4v) is 3.64. The van der Waals surface area contributed by atoms with Gasteiger partial charge in [-0.05, 0) is 35.0 Å². The lowest BCUT2D eigenvalue weighted by molar-refractivity contribution is -0.135. The van der Waals surface area contributed by atoms with Gasteiger partial charge in [0.15, 0.2) is 6.61 Å². The number of halogens is 1. The highest BCUT2D eigenvalue weighted by Crippen LogP contribution is 2.37. The van der Waals surface area contributed by atoms with Crippen LogP contribution in [0.3, 0.4) is 0 Å². The van der Waals surface area contributed by atoms with Crippen LogP contribution in [0.4, 0.5) is 0 Å². The Morgan fingerprint density at radius 1 is 1.27 bits per heavy atom.